The summed E-state index contributed by atoms with van der Waals surface area (Å²) >= 11 is 0. The smallest absolute Gasteiger partial charge is 0.264 e. The molecular weight excluding hydrogens is 470 g/mol. The number of alkyl halides is 1. The minimum Gasteiger partial charge on any atom is -0.491 e. The van der Waals surface area contributed by atoms with E-state index >= 15 is 4.39 Å². The number of pyridine rings is 2. The van der Waals surface area contributed by atoms with Crippen molar-refractivity contribution in [2.45, 2.75) is 25.9 Å². The van der Waals surface area contributed by atoms with E-state index in [1.165, 1.54) is 11.0 Å². The number of likely N-dealkylation sites (tertiary alicyclic amines) is 1. The number of aromatic nitrogens is 3. The van der Waals surface area contributed by atoms with Crippen molar-refractivity contribution < 1.29 is 31.3 Å². The third kappa shape index (κ3) is 3.68. The number of hydrogen-bond donors (Lipinski definition) is 0. The molecule has 1 fully saturated rings. The Balaban J connectivity index is 1.81. The zero-order chi connectivity index (χ0) is 30.7. The van der Waals surface area contributed by atoms with E-state index in [0.29, 0.717) is 5.52 Å². The van der Waals surface area contributed by atoms with Gasteiger partial charge < -0.3 is 18.9 Å². The van der Waals surface area contributed by atoms with Crippen molar-refractivity contribution >= 4 is 27.7 Å². The van der Waals surface area contributed by atoms with Gasteiger partial charge in [-0.1, -0.05) is 0 Å². The maximum absolute atomic E-state index is 15.9. The van der Waals surface area contributed by atoms with E-state index in [9.17, 15) is 14.0 Å². The summed E-state index contributed by atoms with van der Waals surface area (Å²) in [5, 5.41) is -0.134. The number of hydrogen-bond acceptors (Lipinski definition) is 5. The van der Waals surface area contributed by atoms with Gasteiger partial charge in [0.15, 0.2) is 11.6 Å². The highest BCUT2D eigenvalue weighted by Crippen LogP contribution is 2.31. The molecule has 1 saturated heterocycles. The van der Waals surface area contributed by atoms with E-state index in [-0.39, 0.29) is 53.5 Å². The number of aryl methyl sites for hydroxylation is 2. The number of rotatable bonds is 4. The number of fused-ring (bicyclic) bond motifs is 2. The zero-order valence-electron chi connectivity index (χ0n) is 25.5. The van der Waals surface area contributed by atoms with Gasteiger partial charge in [0.1, 0.15) is 6.17 Å². The topological polar surface area (TPSA) is 78.6 Å². The summed E-state index contributed by atoms with van der Waals surface area (Å²) in [7, 11) is -4.43. The van der Waals surface area contributed by atoms with Crippen LogP contribution < -0.4 is 15.0 Å². The molecule has 8 nitrogen and oxygen atoms in total. The molecule has 0 atom stereocenters. The van der Waals surface area contributed by atoms with E-state index in [0.717, 1.165) is 22.5 Å². The van der Waals surface area contributed by atoms with Gasteiger partial charge in [0.2, 0.25) is 0 Å². The predicted octanol–water partition coefficient (Wildman–Crippen LogP) is 3.92. The Morgan fingerprint density at radius 1 is 1.17 bits per heavy atom. The highest BCUT2D eigenvalue weighted by atomic mass is 19.1. The van der Waals surface area contributed by atoms with E-state index in [2.05, 4.69) is 4.98 Å². The van der Waals surface area contributed by atoms with Gasteiger partial charge in [-0.15, -0.1) is 0 Å². The molecule has 1 aliphatic heterocycles. The molecule has 1 aliphatic rings. The first-order chi connectivity index (χ1) is 19.5. The first kappa shape index (κ1) is 17.5. The fourth-order valence-corrected chi connectivity index (χ4v) is 4.61. The molecule has 36 heavy (non-hydrogen) atoms. The molecule has 0 aliphatic carbocycles. The molecule has 0 bridgehead atoms. The Bertz CT molecular complexity index is 1780. The highest BCUT2D eigenvalue weighted by Gasteiger charge is 2.28. The molecule has 4 heterocycles. The third-order valence-corrected chi connectivity index (χ3v) is 6.71. The van der Waals surface area contributed by atoms with Gasteiger partial charge >= 0.3 is 0 Å². The van der Waals surface area contributed by atoms with Gasteiger partial charge in [-0.25, -0.2) is 13.8 Å². The average Bonchev–Trinajstić information content (AvgIpc) is 3.18. The second kappa shape index (κ2) is 8.92. The van der Waals surface area contributed by atoms with Crippen LogP contribution in [0.4, 0.5) is 8.78 Å². The number of ether oxygens (including phenoxy) is 2. The molecule has 188 valence electrons. The molecule has 5 rings (SSSR count). The molecular formula is C26H26F2N4O4. The fourth-order valence-electron chi connectivity index (χ4n) is 4.61. The van der Waals surface area contributed by atoms with Crippen molar-refractivity contribution in [1.82, 2.24) is 19.0 Å². The number of halogens is 2. The normalized spacial score (nSPS) is 17.7. The summed E-state index contributed by atoms with van der Waals surface area (Å²) < 4.78 is 87.1. The Kier molecular flexibility index (Phi) is 4.33. The number of carbonyl (C=O) groups is 1. The Hall–Kier alpha value is -3.95. The maximum Gasteiger partial charge on any atom is 0.264 e. The lowest BCUT2D eigenvalue weighted by Gasteiger charge is -2.29. The summed E-state index contributed by atoms with van der Waals surface area (Å²) in [6.07, 6.45) is 0.163. The second-order valence-electron chi connectivity index (χ2n) is 8.75. The van der Waals surface area contributed by atoms with Gasteiger partial charge in [0, 0.05) is 43.5 Å². The summed E-state index contributed by atoms with van der Waals surface area (Å²) in [6, 6.07) is 5.49. The van der Waals surface area contributed by atoms with Crippen LogP contribution in [0.1, 0.15) is 37.1 Å². The predicted molar refractivity (Wildman–Crippen MR) is 132 cm³/mol. The van der Waals surface area contributed by atoms with E-state index in [1.807, 2.05) is 0 Å². The van der Waals surface area contributed by atoms with Gasteiger partial charge in [-0.3, -0.25) is 14.2 Å². The maximum atomic E-state index is 15.9. The molecule has 0 unspecified atom stereocenters. The Morgan fingerprint density at radius 3 is 2.64 bits per heavy atom. The van der Waals surface area contributed by atoms with Crippen molar-refractivity contribution in [3.63, 3.8) is 0 Å². The monoisotopic (exact) mass is 502 g/mol. The van der Waals surface area contributed by atoms with Crippen LogP contribution >= 0.6 is 0 Å². The molecule has 1 amide bonds. The van der Waals surface area contributed by atoms with Crippen molar-refractivity contribution in [1.29, 1.82) is 0 Å². The quantitative estimate of drug-likeness (QED) is 0.423. The zero-order valence-corrected chi connectivity index (χ0v) is 19.5. The lowest BCUT2D eigenvalue weighted by Crippen LogP contribution is -2.39. The third-order valence-electron chi connectivity index (χ3n) is 6.71. The number of piperidine rings is 1. The largest absolute Gasteiger partial charge is 0.491 e. The fraction of sp³-hybridized carbons (Fsp3) is 0.346. The molecule has 4 aromatic rings. The minimum absolute atomic E-state index is 0.0586. The molecule has 0 N–H and O–H groups in total. The lowest BCUT2D eigenvalue weighted by molar-refractivity contribution is 0.0668. The molecule has 0 spiro atoms. The number of nitrogens with zero attached hydrogens (tertiary/aromatic N) is 4. The lowest BCUT2D eigenvalue weighted by atomic mass is 10.1. The first-order valence-electron chi connectivity index (χ1n) is 14.2. The van der Waals surface area contributed by atoms with Crippen molar-refractivity contribution in [2.75, 3.05) is 27.2 Å². The Labute approximate surface area is 214 Å². The van der Waals surface area contributed by atoms with E-state index in [1.54, 1.807) is 30.7 Å². The van der Waals surface area contributed by atoms with Crippen LogP contribution in [0.3, 0.4) is 0 Å². The van der Waals surface area contributed by atoms with Gasteiger partial charge in [0.05, 0.1) is 50.0 Å². The number of benzene rings is 1. The molecule has 3 aromatic heterocycles. The summed E-state index contributed by atoms with van der Waals surface area (Å²) in [5.41, 5.74) is -0.318. The Morgan fingerprint density at radius 2 is 1.92 bits per heavy atom. The summed E-state index contributed by atoms with van der Waals surface area (Å²) in [5.74, 6) is -2.91. The van der Waals surface area contributed by atoms with Gasteiger partial charge in [-0.05, 0) is 38.0 Å². The second-order valence-corrected chi connectivity index (χ2v) is 8.75. The van der Waals surface area contributed by atoms with Crippen LogP contribution in [0, 0.1) is 12.7 Å². The number of amides is 1. The molecule has 1 aromatic carbocycles. The van der Waals surface area contributed by atoms with Crippen molar-refractivity contribution in [2.24, 2.45) is 7.05 Å². The SMILES string of the molecule is [2H]C([2H])([2H])Oc1cc2c(=O)n(-c3ccc4c(cc(C)n4C)c3F)cc(C(=O)N3CCC(F)CC3)c2nc1OC([2H])([2H])[2H]. The minimum atomic E-state index is -3.10. The van der Waals surface area contributed by atoms with E-state index < -0.39 is 49.2 Å². The van der Waals surface area contributed by atoms with Crippen LogP contribution in [0.2, 0.25) is 0 Å². The molecule has 0 radical (unpaired) electrons. The van der Waals surface area contributed by atoms with E-state index in [4.69, 9.17) is 17.7 Å². The molecule has 10 heteroatoms. The van der Waals surface area contributed by atoms with Crippen LogP contribution in [-0.4, -0.2) is 58.3 Å². The average molecular weight is 503 g/mol. The van der Waals surface area contributed by atoms with Crippen LogP contribution in [0.25, 0.3) is 27.5 Å². The van der Waals surface area contributed by atoms with Crippen LogP contribution in [0.5, 0.6) is 11.6 Å². The molecule has 0 saturated carbocycles. The van der Waals surface area contributed by atoms with Crippen LogP contribution in [0.15, 0.2) is 35.3 Å². The number of carbonyl (C=O) groups excluding carboxylic acids is 1. The van der Waals surface area contributed by atoms with Gasteiger partial charge in [-0.2, -0.15) is 0 Å². The summed E-state index contributed by atoms with van der Waals surface area (Å²) in [4.78, 5) is 33.0. The van der Waals surface area contributed by atoms with Crippen molar-refractivity contribution in [3.05, 3.63) is 57.9 Å². The summed E-state index contributed by atoms with van der Waals surface area (Å²) in [6.45, 7) is 1.90. The highest BCUT2D eigenvalue weighted by molar-refractivity contribution is 6.05. The van der Waals surface area contributed by atoms with Crippen molar-refractivity contribution in [3.8, 4) is 17.3 Å². The van der Waals surface area contributed by atoms with Gasteiger partial charge in [0.25, 0.3) is 17.3 Å². The number of methoxy groups -OCH3 is 2. The standard InChI is InChI=1S/C26H26F2N4O4/c1-14-11-16-19(30(14)2)5-6-20(22(16)28)32-13-18(25(33)31-9-7-15(27)8-10-31)23-17(26(32)34)12-21(35-3)24(29-23)36-4/h5-6,11-13,15H,7-10H2,1-4H3/i3D3,4D3. The first-order valence-corrected chi connectivity index (χ1v) is 11.2. The van der Waals surface area contributed by atoms with Crippen LogP contribution in [-0.2, 0) is 7.05 Å².